The third kappa shape index (κ3) is 1.87. The van der Waals surface area contributed by atoms with Gasteiger partial charge < -0.3 is 9.73 Å². The van der Waals surface area contributed by atoms with E-state index in [1.807, 2.05) is 12.1 Å². The van der Waals surface area contributed by atoms with Gasteiger partial charge in [0.2, 0.25) is 0 Å². The number of hydrogen-bond donors (Lipinski definition) is 1. The van der Waals surface area contributed by atoms with Gasteiger partial charge in [0.25, 0.3) is 0 Å². The molecule has 3 aromatic rings. The zero-order chi connectivity index (χ0) is 13.5. The molecule has 0 spiro atoms. The molecule has 1 fully saturated rings. The first-order chi connectivity index (χ1) is 9.81. The maximum Gasteiger partial charge on any atom is 0.135 e. The van der Waals surface area contributed by atoms with Crippen molar-refractivity contribution in [3.63, 3.8) is 0 Å². The van der Waals surface area contributed by atoms with Gasteiger partial charge in [0.15, 0.2) is 0 Å². The number of benzene rings is 2. The highest BCUT2D eigenvalue weighted by Crippen LogP contribution is 2.32. The van der Waals surface area contributed by atoms with Crippen LogP contribution < -0.4 is 5.32 Å². The summed E-state index contributed by atoms with van der Waals surface area (Å²) in [6.07, 6.45) is 3.97. The Labute approximate surface area is 118 Å². The number of rotatable bonds is 2. The molecule has 2 nitrogen and oxygen atoms in total. The molecule has 1 heterocycles. The Kier molecular flexibility index (Phi) is 2.69. The summed E-state index contributed by atoms with van der Waals surface area (Å²) < 4.78 is 5.87. The lowest BCUT2D eigenvalue weighted by Crippen LogP contribution is -2.21. The lowest BCUT2D eigenvalue weighted by Gasteiger charge is -2.18. The molecular formula is C18H19NO. The first kappa shape index (κ1) is 11.8. The molecule has 20 heavy (non-hydrogen) atoms. The van der Waals surface area contributed by atoms with Crippen molar-refractivity contribution in [3.05, 3.63) is 42.5 Å². The first-order valence-electron chi connectivity index (χ1n) is 7.49. The van der Waals surface area contributed by atoms with Gasteiger partial charge in [-0.3, -0.25) is 0 Å². The minimum Gasteiger partial charge on any atom is -0.456 e. The molecular weight excluding hydrogens is 246 g/mol. The molecule has 2 unspecified atom stereocenters. The van der Waals surface area contributed by atoms with Gasteiger partial charge in [-0.2, -0.15) is 0 Å². The number of fused-ring (bicyclic) bond motifs is 3. The van der Waals surface area contributed by atoms with Crippen LogP contribution in [0.5, 0.6) is 0 Å². The molecule has 1 saturated carbocycles. The summed E-state index contributed by atoms with van der Waals surface area (Å²) in [4.78, 5) is 0. The van der Waals surface area contributed by atoms with Crippen molar-refractivity contribution >= 4 is 27.6 Å². The van der Waals surface area contributed by atoms with Crippen LogP contribution in [0.3, 0.4) is 0 Å². The van der Waals surface area contributed by atoms with Crippen molar-refractivity contribution in [1.82, 2.24) is 0 Å². The van der Waals surface area contributed by atoms with E-state index in [4.69, 9.17) is 4.42 Å². The van der Waals surface area contributed by atoms with Gasteiger partial charge in [0.05, 0.1) is 0 Å². The minimum atomic E-state index is 0.616. The molecule has 2 atom stereocenters. The summed E-state index contributed by atoms with van der Waals surface area (Å²) in [5.41, 5.74) is 3.15. The third-order valence-corrected chi connectivity index (χ3v) is 4.59. The molecule has 1 aliphatic carbocycles. The van der Waals surface area contributed by atoms with Crippen LogP contribution in [0.4, 0.5) is 5.69 Å². The van der Waals surface area contributed by atoms with E-state index >= 15 is 0 Å². The van der Waals surface area contributed by atoms with Gasteiger partial charge in [0.1, 0.15) is 11.2 Å². The van der Waals surface area contributed by atoms with Crippen LogP contribution in [-0.2, 0) is 0 Å². The topological polar surface area (TPSA) is 25.2 Å². The van der Waals surface area contributed by atoms with Crippen LogP contribution in [0, 0.1) is 5.92 Å². The summed E-state index contributed by atoms with van der Waals surface area (Å²) in [6.45, 7) is 2.34. The maximum absolute atomic E-state index is 5.87. The van der Waals surface area contributed by atoms with Gasteiger partial charge in [0, 0.05) is 22.5 Å². The summed E-state index contributed by atoms with van der Waals surface area (Å²) >= 11 is 0. The lowest BCUT2D eigenvalue weighted by molar-refractivity contribution is 0.556. The lowest BCUT2D eigenvalue weighted by atomic mass is 10.1. The van der Waals surface area contributed by atoms with Crippen LogP contribution in [0.25, 0.3) is 21.9 Å². The fourth-order valence-corrected chi connectivity index (χ4v) is 3.39. The quantitative estimate of drug-likeness (QED) is 0.690. The number of furan rings is 1. The predicted molar refractivity (Wildman–Crippen MR) is 84.1 cm³/mol. The molecule has 2 heteroatoms. The molecule has 1 N–H and O–H groups in total. The van der Waals surface area contributed by atoms with Crippen LogP contribution in [-0.4, -0.2) is 6.04 Å². The highest BCUT2D eigenvalue weighted by atomic mass is 16.3. The van der Waals surface area contributed by atoms with Gasteiger partial charge in [-0.25, -0.2) is 0 Å². The van der Waals surface area contributed by atoms with E-state index in [0.29, 0.717) is 6.04 Å². The average Bonchev–Trinajstić information content (AvgIpc) is 3.03. The van der Waals surface area contributed by atoms with Crippen LogP contribution in [0.1, 0.15) is 26.2 Å². The van der Waals surface area contributed by atoms with E-state index < -0.39 is 0 Å². The van der Waals surface area contributed by atoms with Crippen molar-refractivity contribution in [2.75, 3.05) is 5.32 Å². The monoisotopic (exact) mass is 265 g/mol. The van der Waals surface area contributed by atoms with E-state index in [-0.39, 0.29) is 0 Å². The largest absolute Gasteiger partial charge is 0.456 e. The normalized spacial score (nSPS) is 22.6. The molecule has 2 aromatic carbocycles. The Morgan fingerprint density at radius 1 is 1.00 bits per heavy atom. The summed E-state index contributed by atoms with van der Waals surface area (Å²) in [6, 6.07) is 15.3. The average molecular weight is 265 g/mol. The predicted octanol–water partition coefficient (Wildman–Crippen LogP) is 5.19. The van der Waals surface area contributed by atoms with Gasteiger partial charge in [-0.05, 0) is 43.0 Å². The third-order valence-electron chi connectivity index (χ3n) is 4.59. The summed E-state index contributed by atoms with van der Waals surface area (Å²) in [5.74, 6) is 0.770. The molecule has 0 aliphatic heterocycles. The van der Waals surface area contributed by atoms with Gasteiger partial charge >= 0.3 is 0 Å². The Hall–Kier alpha value is -1.96. The van der Waals surface area contributed by atoms with Gasteiger partial charge in [-0.1, -0.05) is 31.5 Å². The maximum atomic E-state index is 5.87. The van der Waals surface area contributed by atoms with E-state index in [1.165, 1.54) is 35.7 Å². The Bertz CT molecular complexity index is 758. The molecule has 102 valence electrons. The second-order valence-electron chi connectivity index (χ2n) is 5.97. The van der Waals surface area contributed by atoms with Crippen molar-refractivity contribution in [2.45, 2.75) is 32.2 Å². The van der Waals surface area contributed by atoms with Gasteiger partial charge in [-0.15, -0.1) is 0 Å². The van der Waals surface area contributed by atoms with E-state index in [1.54, 1.807) is 0 Å². The standard InChI is InChI=1S/C18H19NO/c1-12-5-4-7-16(12)19-13-9-10-18-15(11-13)14-6-2-3-8-17(14)20-18/h2-3,6,8-12,16,19H,4-5,7H2,1H3. The number of nitrogens with one attached hydrogen (secondary N) is 1. The highest BCUT2D eigenvalue weighted by Gasteiger charge is 2.23. The number of para-hydroxylation sites is 1. The van der Waals surface area contributed by atoms with E-state index in [0.717, 1.165) is 17.1 Å². The van der Waals surface area contributed by atoms with E-state index in [2.05, 4.69) is 42.6 Å². The molecule has 4 rings (SSSR count). The molecule has 0 bridgehead atoms. The fraction of sp³-hybridized carbons (Fsp3) is 0.333. The van der Waals surface area contributed by atoms with Crippen molar-refractivity contribution in [3.8, 4) is 0 Å². The zero-order valence-corrected chi connectivity index (χ0v) is 11.7. The summed E-state index contributed by atoms with van der Waals surface area (Å²) in [7, 11) is 0. The van der Waals surface area contributed by atoms with Crippen molar-refractivity contribution in [2.24, 2.45) is 5.92 Å². The Morgan fingerprint density at radius 2 is 1.85 bits per heavy atom. The SMILES string of the molecule is CC1CCCC1Nc1ccc2oc3ccccc3c2c1. The number of anilines is 1. The zero-order valence-electron chi connectivity index (χ0n) is 11.7. The second-order valence-corrected chi connectivity index (χ2v) is 5.97. The molecule has 0 radical (unpaired) electrons. The van der Waals surface area contributed by atoms with Crippen LogP contribution >= 0.6 is 0 Å². The Balaban J connectivity index is 1.75. The van der Waals surface area contributed by atoms with E-state index in [9.17, 15) is 0 Å². The summed E-state index contributed by atoms with van der Waals surface area (Å²) in [5, 5.41) is 6.10. The Morgan fingerprint density at radius 3 is 2.70 bits per heavy atom. The smallest absolute Gasteiger partial charge is 0.135 e. The van der Waals surface area contributed by atoms with Crippen LogP contribution in [0.2, 0.25) is 0 Å². The second kappa shape index (κ2) is 4.55. The molecule has 1 aliphatic rings. The first-order valence-corrected chi connectivity index (χ1v) is 7.49. The van der Waals surface area contributed by atoms with Crippen molar-refractivity contribution in [1.29, 1.82) is 0 Å². The molecule has 0 saturated heterocycles. The fourth-order valence-electron chi connectivity index (χ4n) is 3.39. The van der Waals surface area contributed by atoms with Crippen LogP contribution in [0.15, 0.2) is 46.9 Å². The molecule has 1 aromatic heterocycles. The number of hydrogen-bond acceptors (Lipinski definition) is 2. The molecule has 0 amide bonds. The van der Waals surface area contributed by atoms with Crippen molar-refractivity contribution < 1.29 is 4.42 Å². The highest BCUT2D eigenvalue weighted by molar-refractivity contribution is 6.05. The minimum absolute atomic E-state index is 0.616.